The normalized spacial score (nSPS) is 14.9. The van der Waals surface area contributed by atoms with E-state index in [1.54, 1.807) is 23.2 Å². The van der Waals surface area contributed by atoms with E-state index in [-0.39, 0.29) is 18.3 Å². The summed E-state index contributed by atoms with van der Waals surface area (Å²) in [4.78, 5) is 26.7. The smallest absolute Gasteiger partial charge is 0.242 e. The third-order valence-corrected chi connectivity index (χ3v) is 3.97. The quantitative estimate of drug-likeness (QED) is 0.851. The van der Waals surface area contributed by atoms with Crippen LogP contribution in [-0.4, -0.2) is 54.5 Å². The number of hydrogen-bond donors (Lipinski definition) is 0. The fourth-order valence-corrected chi connectivity index (χ4v) is 2.60. The van der Waals surface area contributed by atoms with E-state index in [0.717, 1.165) is 11.4 Å². The maximum atomic E-state index is 13.0. The summed E-state index contributed by atoms with van der Waals surface area (Å²) < 4.78 is 13.0. The van der Waals surface area contributed by atoms with Crippen molar-refractivity contribution in [3.8, 4) is 0 Å². The van der Waals surface area contributed by atoms with Gasteiger partial charge in [0.05, 0.1) is 0 Å². The second-order valence-corrected chi connectivity index (χ2v) is 5.97. The molecule has 1 fully saturated rings. The minimum absolute atomic E-state index is 0.0180. The number of piperazine rings is 1. The number of amides is 1. The molecule has 1 aromatic heterocycles. The Morgan fingerprint density at radius 3 is 2.58 bits per heavy atom. The van der Waals surface area contributed by atoms with Crippen molar-refractivity contribution >= 4 is 17.7 Å². The van der Waals surface area contributed by atoms with Gasteiger partial charge in [-0.3, -0.25) is 4.79 Å². The van der Waals surface area contributed by atoms with Gasteiger partial charge in [0.2, 0.25) is 11.9 Å². The van der Waals surface area contributed by atoms with Gasteiger partial charge in [-0.25, -0.2) is 9.37 Å². The van der Waals surface area contributed by atoms with Gasteiger partial charge in [0.25, 0.3) is 0 Å². The zero-order valence-electron chi connectivity index (χ0n) is 13.8. The molecule has 24 heavy (non-hydrogen) atoms. The molecule has 126 valence electrons. The van der Waals surface area contributed by atoms with Crippen LogP contribution in [0.15, 0.2) is 36.5 Å². The van der Waals surface area contributed by atoms with E-state index in [1.165, 1.54) is 12.1 Å². The van der Waals surface area contributed by atoms with E-state index in [0.29, 0.717) is 25.6 Å². The molecule has 0 aliphatic carbocycles. The molecule has 1 aliphatic heterocycles. The van der Waals surface area contributed by atoms with Crippen molar-refractivity contribution in [1.82, 2.24) is 14.9 Å². The van der Waals surface area contributed by atoms with Crippen molar-refractivity contribution in [3.63, 3.8) is 0 Å². The molecule has 0 unspecified atom stereocenters. The Hall–Kier alpha value is -2.70. The van der Waals surface area contributed by atoms with Crippen molar-refractivity contribution in [2.24, 2.45) is 0 Å². The lowest BCUT2D eigenvalue weighted by Crippen LogP contribution is -2.50. The molecule has 0 saturated carbocycles. The molecule has 0 N–H and O–H groups in total. The molecule has 1 aliphatic rings. The van der Waals surface area contributed by atoms with E-state index < -0.39 is 0 Å². The van der Waals surface area contributed by atoms with Gasteiger partial charge in [-0.05, 0) is 23.8 Å². The predicted molar refractivity (Wildman–Crippen MR) is 90.4 cm³/mol. The van der Waals surface area contributed by atoms with Crippen molar-refractivity contribution < 1.29 is 9.18 Å². The van der Waals surface area contributed by atoms with Crippen LogP contribution in [0.3, 0.4) is 0 Å². The summed E-state index contributed by atoms with van der Waals surface area (Å²) in [6.45, 7) is 2.00. The Labute approximate surface area is 140 Å². The highest BCUT2D eigenvalue weighted by molar-refractivity contribution is 5.82. The van der Waals surface area contributed by atoms with Gasteiger partial charge >= 0.3 is 0 Å². The monoisotopic (exact) mass is 329 g/mol. The first-order chi connectivity index (χ1) is 11.5. The van der Waals surface area contributed by atoms with Gasteiger partial charge in [0.1, 0.15) is 18.2 Å². The van der Waals surface area contributed by atoms with Gasteiger partial charge in [-0.1, -0.05) is 12.1 Å². The average molecular weight is 329 g/mol. The Kier molecular flexibility index (Phi) is 4.59. The number of benzene rings is 1. The SMILES string of the molecule is CN(C)c1ccnc(N2CCN(Cc3ccc(F)cc3)C(=O)C2)n1. The number of hydrogen-bond acceptors (Lipinski definition) is 5. The van der Waals surface area contributed by atoms with Crippen LogP contribution >= 0.6 is 0 Å². The van der Waals surface area contributed by atoms with Gasteiger partial charge in [0, 0.05) is 39.9 Å². The number of halogens is 1. The molecule has 7 heteroatoms. The molecular formula is C17H20FN5O. The molecule has 3 rings (SSSR count). The number of carbonyl (C=O) groups is 1. The van der Waals surface area contributed by atoms with Crippen LogP contribution in [0.1, 0.15) is 5.56 Å². The fraction of sp³-hybridized carbons (Fsp3) is 0.353. The molecule has 6 nitrogen and oxygen atoms in total. The molecule has 0 radical (unpaired) electrons. The summed E-state index contributed by atoms with van der Waals surface area (Å²) in [6, 6.07) is 8.07. The van der Waals surface area contributed by atoms with Crippen LogP contribution in [0.2, 0.25) is 0 Å². The van der Waals surface area contributed by atoms with Crippen LogP contribution in [0.5, 0.6) is 0 Å². The molecular weight excluding hydrogens is 309 g/mol. The van der Waals surface area contributed by atoms with Crippen molar-refractivity contribution in [2.75, 3.05) is 43.5 Å². The summed E-state index contributed by atoms with van der Waals surface area (Å²) in [5.74, 6) is 1.12. The molecule has 1 aromatic carbocycles. The maximum Gasteiger partial charge on any atom is 0.242 e. The second kappa shape index (κ2) is 6.82. The van der Waals surface area contributed by atoms with Crippen LogP contribution in [0.4, 0.5) is 16.2 Å². The van der Waals surface area contributed by atoms with Gasteiger partial charge in [0.15, 0.2) is 0 Å². The maximum absolute atomic E-state index is 13.0. The van der Waals surface area contributed by atoms with Crippen molar-refractivity contribution in [1.29, 1.82) is 0 Å². The van der Waals surface area contributed by atoms with Crippen LogP contribution < -0.4 is 9.80 Å². The minimum Gasteiger partial charge on any atom is -0.363 e. The molecule has 1 amide bonds. The van der Waals surface area contributed by atoms with Crippen LogP contribution in [0.25, 0.3) is 0 Å². The summed E-state index contributed by atoms with van der Waals surface area (Å²) >= 11 is 0. The Bertz CT molecular complexity index is 719. The highest BCUT2D eigenvalue weighted by Gasteiger charge is 2.25. The number of rotatable bonds is 4. The Morgan fingerprint density at radius 1 is 1.17 bits per heavy atom. The molecule has 0 bridgehead atoms. The molecule has 0 atom stereocenters. The van der Waals surface area contributed by atoms with Gasteiger partial charge in [-0.2, -0.15) is 4.98 Å². The Morgan fingerprint density at radius 2 is 1.92 bits per heavy atom. The summed E-state index contributed by atoms with van der Waals surface area (Å²) in [7, 11) is 3.83. The molecule has 2 heterocycles. The van der Waals surface area contributed by atoms with Gasteiger partial charge < -0.3 is 14.7 Å². The lowest BCUT2D eigenvalue weighted by Gasteiger charge is -2.34. The van der Waals surface area contributed by atoms with E-state index >= 15 is 0 Å². The largest absolute Gasteiger partial charge is 0.363 e. The van der Waals surface area contributed by atoms with Crippen LogP contribution in [-0.2, 0) is 11.3 Å². The predicted octanol–water partition coefficient (Wildman–Crippen LogP) is 1.53. The van der Waals surface area contributed by atoms with E-state index in [2.05, 4.69) is 9.97 Å². The zero-order chi connectivity index (χ0) is 17.1. The number of anilines is 2. The standard InChI is InChI=1S/C17H20FN5O/c1-21(2)15-7-8-19-17(20-15)23-10-9-22(16(24)12-23)11-13-3-5-14(18)6-4-13/h3-8H,9-12H2,1-2H3. The average Bonchev–Trinajstić information content (AvgIpc) is 2.58. The van der Waals surface area contributed by atoms with Crippen molar-refractivity contribution in [2.45, 2.75) is 6.54 Å². The highest BCUT2D eigenvalue weighted by atomic mass is 19.1. The molecule has 1 saturated heterocycles. The van der Waals surface area contributed by atoms with Crippen molar-refractivity contribution in [3.05, 3.63) is 47.9 Å². The zero-order valence-corrected chi connectivity index (χ0v) is 13.8. The first-order valence-electron chi connectivity index (χ1n) is 7.80. The Balaban J connectivity index is 1.65. The summed E-state index contributed by atoms with van der Waals surface area (Å²) in [5.41, 5.74) is 0.920. The summed E-state index contributed by atoms with van der Waals surface area (Å²) in [6.07, 6.45) is 1.70. The third-order valence-electron chi connectivity index (χ3n) is 3.97. The minimum atomic E-state index is -0.271. The first-order valence-corrected chi connectivity index (χ1v) is 7.80. The van der Waals surface area contributed by atoms with E-state index in [4.69, 9.17) is 0 Å². The topological polar surface area (TPSA) is 52.6 Å². The highest BCUT2D eigenvalue weighted by Crippen LogP contribution is 2.17. The van der Waals surface area contributed by atoms with Gasteiger partial charge in [-0.15, -0.1) is 0 Å². The van der Waals surface area contributed by atoms with E-state index in [1.807, 2.05) is 30.0 Å². The number of aromatic nitrogens is 2. The molecule has 0 spiro atoms. The number of carbonyl (C=O) groups excluding carboxylic acids is 1. The fourth-order valence-electron chi connectivity index (χ4n) is 2.60. The lowest BCUT2D eigenvalue weighted by atomic mass is 10.2. The summed E-state index contributed by atoms with van der Waals surface area (Å²) in [5, 5.41) is 0. The lowest BCUT2D eigenvalue weighted by molar-refractivity contribution is -0.131. The van der Waals surface area contributed by atoms with E-state index in [9.17, 15) is 9.18 Å². The second-order valence-electron chi connectivity index (χ2n) is 5.97. The van der Waals surface area contributed by atoms with Crippen LogP contribution in [0, 0.1) is 5.82 Å². The first kappa shape index (κ1) is 16.2. The number of nitrogens with zero attached hydrogens (tertiary/aromatic N) is 5. The molecule has 2 aromatic rings. The third kappa shape index (κ3) is 3.61.